The highest BCUT2D eigenvalue weighted by Crippen LogP contribution is 2.26. The fourth-order valence-electron chi connectivity index (χ4n) is 2.86. The molecule has 0 spiro atoms. The zero-order valence-corrected chi connectivity index (χ0v) is 19.4. The predicted molar refractivity (Wildman–Crippen MR) is 126 cm³/mol. The summed E-state index contributed by atoms with van der Waals surface area (Å²) in [6.45, 7) is 6.91. The Bertz CT molecular complexity index is 866. The van der Waals surface area contributed by atoms with E-state index in [0.717, 1.165) is 12.0 Å². The highest BCUT2D eigenvalue weighted by Gasteiger charge is 2.24. The Kier molecular flexibility index (Phi) is 9.12. The number of aromatic hydroxyl groups is 1. The molecule has 168 valence electrons. The van der Waals surface area contributed by atoms with Gasteiger partial charge in [0.2, 0.25) is 0 Å². The maximum atomic E-state index is 12.2. The van der Waals surface area contributed by atoms with E-state index in [1.807, 2.05) is 39.0 Å². The molecule has 2 aromatic rings. The van der Waals surface area contributed by atoms with Gasteiger partial charge >= 0.3 is 5.97 Å². The third kappa shape index (κ3) is 8.45. The van der Waals surface area contributed by atoms with Gasteiger partial charge in [-0.05, 0) is 62.7 Å². The van der Waals surface area contributed by atoms with Crippen LogP contribution in [0, 0.1) is 11.3 Å². The van der Waals surface area contributed by atoms with Gasteiger partial charge in [0, 0.05) is 19.0 Å². The van der Waals surface area contributed by atoms with Crippen LogP contribution in [0.1, 0.15) is 31.9 Å². The summed E-state index contributed by atoms with van der Waals surface area (Å²) in [5.74, 6) is 0.372. The molecule has 0 bridgehead atoms. The lowest BCUT2D eigenvalue weighted by molar-refractivity contribution is -0.154. The molecule has 3 N–H and O–H groups in total. The predicted octanol–water partition coefficient (Wildman–Crippen LogP) is 3.81. The van der Waals surface area contributed by atoms with Crippen LogP contribution in [0.25, 0.3) is 0 Å². The lowest BCUT2D eigenvalue weighted by atomic mass is 9.97. The number of rotatable bonds is 9. The quantitative estimate of drug-likeness (QED) is 0.401. The standard InChI is InChI=1S/C24H32N2O4S/c1-24(2,3)22(28)30-16-19(12-17-8-6-5-7-9-17)15-26-23(31)25-14-18-10-11-20(27)21(13-18)29-4/h5-11,13,19,27H,12,14-16H2,1-4H3,(H2,25,26,31). The normalized spacial score (nSPS) is 12.0. The molecule has 0 radical (unpaired) electrons. The number of carbonyl (C=O) groups is 1. The van der Waals surface area contributed by atoms with Crippen LogP contribution in [0.2, 0.25) is 0 Å². The van der Waals surface area contributed by atoms with Crippen molar-refractivity contribution in [3.8, 4) is 11.5 Å². The van der Waals surface area contributed by atoms with Crippen molar-refractivity contribution in [2.24, 2.45) is 11.3 Å². The van der Waals surface area contributed by atoms with Gasteiger partial charge in [-0.15, -0.1) is 0 Å². The molecule has 31 heavy (non-hydrogen) atoms. The Morgan fingerprint density at radius 3 is 2.45 bits per heavy atom. The molecule has 6 nitrogen and oxygen atoms in total. The highest BCUT2D eigenvalue weighted by atomic mass is 32.1. The van der Waals surface area contributed by atoms with E-state index in [9.17, 15) is 9.90 Å². The molecule has 7 heteroatoms. The third-order valence-corrected chi connectivity index (χ3v) is 4.97. The van der Waals surface area contributed by atoms with E-state index in [1.54, 1.807) is 18.2 Å². The summed E-state index contributed by atoms with van der Waals surface area (Å²) in [6.07, 6.45) is 0.767. The summed E-state index contributed by atoms with van der Waals surface area (Å²) in [4.78, 5) is 12.2. The number of carbonyl (C=O) groups excluding carboxylic acids is 1. The molecule has 0 aromatic heterocycles. The first kappa shape index (κ1) is 24.5. The van der Waals surface area contributed by atoms with E-state index in [4.69, 9.17) is 21.7 Å². The Balaban J connectivity index is 1.90. The monoisotopic (exact) mass is 444 g/mol. The van der Waals surface area contributed by atoms with E-state index in [2.05, 4.69) is 22.8 Å². The highest BCUT2D eigenvalue weighted by molar-refractivity contribution is 7.80. The third-order valence-electron chi connectivity index (χ3n) is 4.68. The van der Waals surface area contributed by atoms with Crippen molar-refractivity contribution < 1.29 is 19.4 Å². The van der Waals surface area contributed by atoms with Crippen LogP contribution < -0.4 is 15.4 Å². The second kappa shape index (κ2) is 11.6. The Morgan fingerprint density at radius 1 is 1.10 bits per heavy atom. The molecule has 0 amide bonds. The first-order chi connectivity index (χ1) is 14.7. The van der Waals surface area contributed by atoms with Crippen LogP contribution in [0.3, 0.4) is 0 Å². The van der Waals surface area contributed by atoms with Gasteiger partial charge in [0.05, 0.1) is 19.1 Å². The van der Waals surface area contributed by atoms with Gasteiger partial charge in [-0.3, -0.25) is 4.79 Å². The molecule has 0 aliphatic heterocycles. The average Bonchev–Trinajstić information content (AvgIpc) is 2.74. The van der Waals surface area contributed by atoms with E-state index < -0.39 is 5.41 Å². The molecule has 0 aliphatic rings. The summed E-state index contributed by atoms with van der Waals surface area (Å²) in [7, 11) is 1.51. The van der Waals surface area contributed by atoms with Gasteiger partial charge in [-0.25, -0.2) is 0 Å². The molecule has 1 unspecified atom stereocenters. The fraction of sp³-hybridized carbons (Fsp3) is 0.417. The minimum atomic E-state index is -0.535. The molecule has 0 aliphatic carbocycles. The number of phenols is 1. The second-order valence-electron chi connectivity index (χ2n) is 8.47. The number of ether oxygens (including phenoxy) is 2. The van der Waals surface area contributed by atoms with Gasteiger partial charge in [-0.2, -0.15) is 0 Å². The zero-order valence-electron chi connectivity index (χ0n) is 18.6. The van der Waals surface area contributed by atoms with Crippen molar-refractivity contribution in [1.82, 2.24) is 10.6 Å². The largest absolute Gasteiger partial charge is 0.504 e. The topological polar surface area (TPSA) is 79.8 Å². The van der Waals surface area contributed by atoms with E-state index in [-0.39, 0.29) is 17.6 Å². The number of hydrogen-bond acceptors (Lipinski definition) is 5. The number of thiocarbonyl (C=S) groups is 1. The maximum Gasteiger partial charge on any atom is 0.311 e. The average molecular weight is 445 g/mol. The number of methoxy groups -OCH3 is 1. The number of phenolic OH excluding ortho intramolecular Hbond substituents is 1. The minimum Gasteiger partial charge on any atom is -0.504 e. The molecule has 2 rings (SSSR count). The summed E-state index contributed by atoms with van der Waals surface area (Å²) >= 11 is 5.41. The number of benzene rings is 2. The molecule has 1 atom stereocenters. The molecule has 0 saturated carbocycles. The molecule has 0 heterocycles. The molecule has 0 saturated heterocycles. The van der Waals surface area contributed by atoms with Crippen LogP contribution in [-0.2, 0) is 22.5 Å². The van der Waals surface area contributed by atoms with Gasteiger partial charge in [0.15, 0.2) is 16.6 Å². The van der Waals surface area contributed by atoms with E-state index >= 15 is 0 Å². The van der Waals surface area contributed by atoms with Crippen LogP contribution in [0.5, 0.6) is 11.5 Å². The molecular formula is C24H32N2O4S. The minimum absolute atomic E-state index is 0.0715. The smallest absolute Gasteiger partial charge is 0.311 e. The summed E-state index contributed by atoms with van der Waals surface area (Å²) in [5.41, 5.74) is 1.57. The van der Waals surface area contributed by atoms with E-state index in [1.165, 1.54) is 12.7 Å². The Hall–Kier alpha value is -2.80. The van der Waals surface area contributed by atoms with Crippen molar-refractivity contribution in [2.45, 2.75) is 33.7 Å². The summed E-state index contributed by atoms with van der Waals surface area (Å²) in [5, 5.41) is 16.6. The van der Waals surface area contributed by atoms with Gasteiger partial charge in [0.25, 0.3) is 0 Å². The van der Waals surface area contributed by atoms with Gasteiger partial charge in [0.1, 0.15) is 0 Å². The first-order valence-electron chi connectivity index (χ1n) is 10.3. The first-order valence-corrected chi connectivity index (χ1v) is 10.7. The molecule has 2 aromatic carbocycles. The SMILES string of the molecule is COc1cc(CNC(=S)NCC(COC(=O)C(C)(C)C)Cc2ccccc2)ccc1O. The molecular weight excluding hydrogens is 412 g/mol. The number of nitrogens with one attached hydrogen (secondary N) is 2. The van der Waals surface area contributed by atoms with E-state index in [0.29, 0.717) is 30.6 Å². The Labute approximate surface area is 190 Å². The second-order valence-corrected chi connectivity index (χ2v) is 8.88. The fourth-order valence-corrected chi connectivity index (χ4v) is 3.02. The summed E-state index contributed by atoms with van der Waals surface area (Å²) < 4.78 is 10.7. The van der Waals surface area contributed by atoms with Crippen molar-refractivity contribution in [2.75, 3.05) is 20.3 Å². The van der Waals surface area contributed by atoms with Gasteiger partial charge < -0.3 is 25.2 Å². The van der Waals surface area contributed by atoms with Crippen LogP contribution in [0.15, 0.2) is 48.5 Å². The van der Waals surface area contributed by atoms with Crippen LogP contribution in [-0.4, -0.2) is 36.4 Å². The number of esters is 1. The zero-order chi connectivity index (χ0) is 22.9. The van der Waals surface area contributed by atoms with Crippen molar-refractivity contribution >= 4 is 23.3 Å². The van der Waals surface area contributed by atoms with Crippen LogP contribution >= 0.6 is 12.2 Å². The van der Waals surface area contributed by atoms with Crippen molar-refractivity contribution in [3.63, 3.8) is 0 Å². The Morgan fingerprint density at radius 2 is 1.81 bits per heavy atom. The van der Waals surface area contributed by atoms with Crippen LogP contribution in [0.4, 0.5) is 0 Å². The number of hydrogen-bond donors (Lipinski definition) is 3. The molecule has 0 fully saturated rings. The lowest BCUT2D eigenvalue weighted by Gasteiger charge is -2.22. The maximum absolute atomic E-state index is 12.2. The summed E-state index contributed by atoms with van der Waals surface area (Å²) in [6, 6.07) is 15.3. The van der Waals surface area contributed by atoms with Crippen molar-refractivity contribution in [1.29, 1.82) is 0 Å². The lowest BCUT2D eigenvalue weighted by Crippen LogP contribution is -2.39. The van der Waals surface area contributed by atoms with Crippen molar-refractivity contribution in [3.05, 3.63) is 59.7 Å². The van der Waals surface area contributed by atoms with Gasteiger partial charge in [-0.1, -0.05) is 36.4 Å².